The van der Waals surface area contributed by atoms with Gasteiger partial charge in [0.25, 0.3) is 0 Å². The number of anilines is 1. The van der Waals surface area contributed by atoms with Crippen LogP contribution in [0.1, 0.15) is 30.3 Å². The molecule has 6 nitrogen and oxygen atoms in total. The molecule has 0 bridgehead atoms. The van der Waals surface area contributed by atoms with Crippen molar-refractivity contribution < 1.29 is 0 Å². The SMILES string of the molecule is CCCNc1ncccc1Cn1cnc(C#N)c1C#N. The Morgan fingerprint density at radius 1 is 1.30 bits per heavy atom. The van der Waals surface area contributed by atoms with Crippen LogP contribution in [0.5, 0.6) is 0 Å². The van der Waals surface area contributed by atoms with Gasteiger partial charge in [0.2, 0.25) is 0 Å². The molecule has 0 aliphatic heterocycles. The summed E-state index contributed by atoms with van der Waals surface area (Å²) >= 11 is 0. The molecule has 0 saturated heterocycles. The zero-order valence-corrected chi connectivity index (χ0v) is 11.2. The van der Waals surface area contributed by atoms with E-state index in [9.17, 15) is 0 Å². The Morgan fingerprint density at radius 3 is 2.85 bits per heavy atom. The molecule has 2 rings (SSSR count). The Hall–Kier alpha value is -2.86. The van der Waals surface area contributed by atoms with Crippen molar-refractivity contribution in [2.75, 3.05) is 11.9 Å². The van der Waals surface area contributed by atoms with E-state index in [4.69, 9.17) is 10.5 Å². The van der Waals surface area contributed by atoms with Gasteiger partial charge in [0.15, 0.2) is 11.4 Å². The quantitative estimate of drug-likeness (QED) is 0.892. The molecular formula is C14H14N6. The Labute approximate surface area is 117 Å². The van der Waals surface area contributed by atoms with Crippen LogP contribution in [0.3, 0.4) is 0 Å². The first-order chi connectivity index (χ1) is 9.80. The van der Waals surface area contributed by atoms with Gasteiger partial charge in [0.05, 0.1) is 12.9 Å². The summed E-state index contributed by atoms with van der Waals surface area (Å²) in [5, 5.41) is 21.3. The second-order valence-corrected chi connectivity index (χ2v) is 4.23. The van der Waals surface area contributed by atoms with E-state index in [0.717, 1.165) is 24.3 Å². The van der Waals surface area contributed by atoms with Crippen LogP contribution in [0.2, 0.25) is 0 Å². The normalized spacial score (nSPS) is 9.75. The number of pyridine rings is 1. The lowest BCUT2D eigenvalue weighted by atomic mass is 10.2. The summed E-state index contributed by atoms with van der Waals surface area (Å²) < 4.78 is 1.66. The largest absolute Gasteiger partial charge is 0.370 e. The van der Waals surface area contributed by atoms with Gasteiger partial charge < -0.3 is 9.88 Å². The van der Waals surface area contributed by atoms with Crippen LogP contribution in [-0.2, 0) is 6.54 Å². The summed E-state index contributed by atoms with van der Waals surface area (Å²) in [6.45, 7) is 3.37. The van der Waals surface area contributed by atoms with Gasteiger partial charge in [0, 0.05) is 18.3 Å². The van der Waals surface area contributed by atoms with E-state index in [0.29, 0.717) is 6.54 Å². The van der Waals surface area contributed by atoms with Gasteiger partial charge in [0.1, 0.15) is 18.0 Å². The molecular weight excluding hydrogens is 252 g/mol. The van der Waals surface area contributed by atoms with Crippen LogP contribution in [0.25, 0.3) is 0 Å². The number of rotatable bonds is 5. The number of nitrogens with one attached hydrogen (secondary N) is 1. The lowest BCUT2D eigenvalue weighted by Gasteiger charge is -2.11. The Bertz CT molecular complexity index is 674. The van der Waals surface area contributed by atoms with Gasteiger partial charge in [-0.3, -0.25) is 0 Å². The standard InChI is InChI=1S/C14H14N6/c1-2-5-17-14-11(4-3-6-18-14)9-20-10-19-12(7-15)13(20)8-16/h3-4,6,10H,2,5,9H2,1H3,(H,17,18). The van der Waals surface area contributed by atoms with Crippen molar-refractivity contribution in [2.24, 2.45) is 0 Å². The lowest BCUT2D eigenvalue weighted by Crippen LogP contribution is -2.08. The molecule has 2 heterocycles. The minimum Gasteiger partial charge on any atom is -0.370 e. The topological polar surface area (TPSA) is 90.3 Å². The fourth-order valence-corrected chi connectivity index (χ4v) is 1.85. The molecule has 0 fully saturated rings. The van der Waals surface area contributed by atoms with E-state index in [-0.39, 0.29) is 11.4 Å². The molecule has 1 N–H and O–H groups in total. The van der Waals surface area contributed by atoms with Crippen molar-refractivity contribution in [3.63, 3.8) is 0 Å². The third kappa shape index (κ3) is 2.76. The zero-order chi connectivity index (χ0) is 14.4. The van der Waals surface area contributed by atoms with Crippen LogP contribution in [0.4, 0.5) is 5.82 Å². The maximum Gasteiger partial charge on any atom is 0.176 e. The van der Waals surface area contributed by atoms with Crippen LogP contribution >= 0.6 is 0 Å². The van der Waals surface area contributed by atoms with Crippen molar-refractivity contribution in [3.05, 3.63) is 41.6 Å². The molecule has 20 heavy (non-hydrogen) atoms. The molecule has 0 radical (unpaired) electrons. The van der Waals surface area contributed by atoms with Crippen molar-refractivity contribution in [3.8, 4) is 12.1 Å². The first-order valence-electron chi connectivity index (χ1n) is 6.33. The Balaban J connectivity index is 2.29. The average molecular weight is 266 g/mol. The van der Waals surface area contributed by atoms with Crippen LogP contribution in [0, 0.1) is 22.7 Å². The summed E-state index contributed by atoms with van der Waals surface area (Å²) in [6, 6.07) is 7.72. The Kier molecular flexibility index (Phi) is 4.31. The van der Waals surface area contributed by atoms with E-state index in [1.807, 2.05) is 24.3 Å². The highest BCUT2D eigenvalue weighted by Gasteiger charge is 2.12. The van der Waals surface area contributed by atoms with Gasteiger partial charge in [-0.15, -0.1) is 0 Å². The highest BCUT2D eigenvalue weighted by molar-refractivity contribution is 5.45. The number of aromatic nitrogens is 3. The minimum atomic E-state index is 0.152. The summed E-state index contributed by atoms with van der Waals surface area (Å²) in [5.74, 6) is 0.797. The molecule has 0 saturated carbocycles. The molecule has 0 atom stereocenters. The monoisotopic (exact) mass is 266 g/mol. The number of hydrogen-bond acceptors (Lipinski definition) is 5. The maximum absolute atomic E-state index is 9.11. The highest BCUT2D eigenvalue weighted by Crippen LogP contribution is 2.15. The third-order valence-corrected chi connectivity index (χ3v) is 2.82. The van der Waals surface area contributed by atoms with Gasteiger partial charge in [-0.2, -0.15) is 10.5 Å². The van der Waals surface area contributed by atoms with E-state index in [1.54, 1.807) is 10.8 Å². The smallest absolute Gasteiger partial charge is 0.176 e. The van der Waals surface area contributed by atoms with Gasteiger partial charge in [-0.05, 0) is 12.5 Å². The molecule has 0 aliphatic rings. The van der Waals surface area contributed by atoms with Crippen molar-refractivity contribution in [1.29, 1.82) is 10.5 Å². The average Bonchev–Trinajstić information content (AvgIpc) is 2.88. The number of imidazole rings is 1. The number of nitriles is 2. The van der Waals surface area contributed by atoms with E-state index < -0.39 is 0 Å². The fraction of sp³-hybridized carbons (Fsp3) is 0.286. The molecule has 2 aromatic rings. The lowest BCUT2D eigenvalue weighted by molar-refractivity contribution is 0.781. The summed E-state index contributed by atoms with van der Waals surface area (Å²) in [7, 11) is 0. The fourth-order valence-electron chi connectivity index (χ4n) is 1.85. The van der Waals surface area contributed by atoms with Crippen molar-refractivity contribution in [1.82, 2.24) is 14.5 Å². The van der Waals surface area contributed by atoms with E-state index >= 15 is 0 Å². The highest BCUT2D eigenvalue weighted by atomic mass is 15.1. The van der Waals surface area contributed by atoms with Crippen LogP contribution in [-0.4, -0.2) is 21.1 Å². The number of nitrogens with zero attached hydrogens (tertiary/aromatic N) is 5. The molecule has 0 aliphatic carbocycles. The molecule has 0 unspecified atom stereocenters. The minimum absolute atomic E-state index is 0.152. The summed E-state index contributed by atoms with van der Waals surface area (Å²) in [5.41, 5.74) is 1.39. The molecule has 2 aromatic heterocycles. The predicted molar refractivity (Wildman–Crippen MR) is 73.8 cm³/mol. The molecule has 0 spiro atoms. The molecule has 0 aromatic carbocycles. The Morgan fingerprint density at radius 2 is 2.15 bits per heavy atom. The first-order valence-corrected chi connectivity index (χ1v) is 6.33. The second kappa shape index (κ2) is 6.35. The van der Waals surface area contributed by atoms with Crippen molar-refractivity contribution >= 4 is 5.82 Å². The molecule has 6 heteroatoms. The zero-order valence-electron chi connectivity index (χ0n) is 11.2. The number of hydrogen-bond donors (Lipinski definition) is 1. The van der Waals surface area contributed by atoms with Gasteiger partial charge in [-0.25, -0.2) is 9.97 Å². The van der Waals surface area contributed by atoms with Gasteiger partial charge >= 0.3 is 0 Å². The van der Waals surface area contributed by atoms with Gasteiger partial charge in [-0.1, -0.05) is 13.0 Å². The summed E-state index contributed by atoms with van der Waals surface area (Å²) in [4.78, 5) is 8.23. The maximum atomic E-state index is 9.11. The van der Waals surface area contributed by atoms with E-state index in [1.165, 1.54) is 6.33 Å². The van der Waals surface area contributed by atoms with Crippen molar-refractivity contribution in [2.45, 2.75) is 19.9 Å². The van der Waals surface area contributed by atoms with E-state index in [2.05, 4.69) is 22.2 Å². The molecule has 0 amide bonds. The predicted octanol–water partition coefficient (Wildman–Crippen LogP) is 1.89. The first kappa shape index (κ1) is 13.6. The third-order valence-electron chi connectivity index (χ3n) is 2.82. The van der Waals surface area contributed by atoms with Crippen LogP contribution in [0.15, 0.2) is 24.7 Å². The second-order valence-electron chi connectivity index (χ2n) is 4.23. The molecule has 100 valence electrons. The summed E-state index contributed by atoms with van der Waals surface area (Å²) in [6.07, 6.45) is 4.23. The van der Waals surface area contributed by atoms with Crippen LogP contribution < -0.4 is 5.32 Å².